The van der Waals surface area contributed by atoms with E-state index in [9.17, 15) is 13.6 Å². The van der Waals surface area contributed by atoms with Gasteiger partial charge in [-0.05, 0) is 43.0 Å². The van der Waals surface area contributed by atoms with Crippen molar-refractivity contribution in [2.24, 2.45) is 11.8 Å². The molecule has 2 aromatic rings. The summed E-state index contributed by atoms with van der Waals surface area (Å²) in [6.45, 7) is 6.01. The Morgan fingerprint density at radius 3 is 2.85 bits per heavy atom. The Balaban J connectivity index is 1.71. The number of nitrogens with one attached hydrogen (secondary N) is 1. The first-order chi connectivity index (χ1) is 12.9. The molecule has 1 aromatic carbocycles. The minimum absolute atomic E-state index is 0.0212. The highest BCUT2D eigenvalue weighted by Gasteiger charge is 2.31. The number of likely N-dealkylation sites (tertiary alicyclic amines) is 1. The molecule has 1 aliphatic rings. The lowest BCUT2D eigenvalue weighted by Crippen LogP contribution is -2.43. The maximum atomic E-state index is 13.5. The van der Waals surface area contributed by atoms with Crippen molar-refractivity contribution in [1.29, 1.82) is 0 Å². The number of amides is 1. The summed E-state index contributed by atoms with van der Waals surface area (Å²) in [6.07, 6.45) is 3.75. The van der Waals surface area contributed by atoms with Crippen LogP contribution >= 0.6 is 11.3 Å². The van der Waals surface area contributed by atoms with Crippen LogP contribution in [0.25, 0.3) is 0 Å². The van der Waals surface area contributed by atoms with E-state index in [4.69, 9.17) is 0 Å². The zero-order chi connectivity index (χ0) is 19.4. The summed E-state index contributed by atoms with van der Waals surface area (Å²) < 4.78 is 26.6. The average Bonchev–Trinajstić information content (AvgIpc) is 3.17. The molecule has 27 heavy (non-hydrogen) atoms. The van der Waals surface area contributed by atoms with Crippen molar-refractivity contribution in [2.75, 3.05) is 13.1 Å². The highest BCUT2D eigenvalue weighted by Crippen LogP contribution is 2.32. The van der Waals surface area contributed by atoms with E-state index in [0.717, 1.165) is 36.5 Å². The van der Waals surface area contributed by atoms with Gasteiger partial charge in [0.1, 0.15) is 5.01 Å². The van der Waals surface area contributed by atoms with Crippen molar-refractivity contribution in [1.82, 2.24) is 15.2 Å². The third-order valence-corrected chi connectivity index (χ3v) is 5.80. The quantitative estimate of drug-likeness (QED) is 0.802. The van der Waals surface area contributed by atoms with E-state index in [-0.39, 0.29) is 23.8 Å². The van der Waals surface area contributed by atoms with Crippen LogP contribution in [0.15, 0.2) is 29.8 Å². The summed E-state index contributed by atoms with van der Waals surface area (Å²) in [5, 5.41) is 6.00. The molecule has 0 radical (unpaired) electrons. The molecule has 2 heterocycles. The predicted molar refractivity (Wildman–Crippen MR) is 102 cm³/mol. The second kappa shape index (κ2) is 8.89. The Hall–Kier alpha value is -1.86. The van der Waals surface area contributed by atoms with Gasteiger partial charge in [-0.3, -0.25) is 9.69 Å². The fraction of sp³-hybridized carbons (Fsp3) is 0.500. The number of carbonyl (C=O) groups excluding carboxylic acids is 1. The molecule has 1 aliphatic heterocycles. The van der Waals surface area contributed by atoms with E-state index in [1.807, 2.05) is 19.2 Å². The standard InChI is InChI=1S/C20H25F2N3OS/c1-13(2)19(26)24-18(20-23-7-9-27-20)15-4-3-8-25(12-15)11-14-5-6-16(21)17(22)10-14/h5-7,9-10,13,15,18H,3-4,8,11-12H2,1-2H3,(H,24,26)/t15-,18+/m1/s1. The minimum atomic E-state index is -0.824. The number of aromatic nitrogens is 1. The number of halogens is 2. The number of benzene rings is 1. The van der Waals surface area contributed by atoms with Crippen LogP contribution in [-0.2, 0) is 11.3 Å². The maximum Gasteiger partial charge on any atom is 0.223 e. The van der Waals surface area contributed by atoms with Gasteiger partial charge in [0, 0.05) is 30.6 Å². The third kappa shape index (κ3) is 5.11. The van der Waals surface area contributed by atoms with Crippen molar-refractivity contribution in [3.63, 3.8) is 0 Å². The zero-order valence-corrected chi connectivity index (χ0v) is 16.4. The van der Waals surface area contributed by atoms with Crippen molar-refractivity contribution < 1.29 is 13.6 Å². The Kier molecular flexibility index (Phi) is 6.55. The summed E-state index contributed by atoms with van der Waals surface area (Å²) >= 11 is 1.55. The molecule has 146 valence electrons. The summed E-state index contributed by atoms with van der Waals surface area (Å²) in [5.74, 6) is -1.47. The van der Waals surface area contributed by atoms with Gasteiger partial charge in [-0.15, -0.1) is 11.3 Å². The van der Waals surface area contributed by atoms with Crippen LogP contribution in [0.5, 0.6) is 0 Å². The topological polar surface area (TPSA) is 45.2 Å². The molecule has 0 unspecified atom stereocenters. The minimum Gasteiger partial charge on any atom is -0.346 e. The van der Waals surface area contributed by atoms with Gasteiger partial charge in [-0.2, -0.15) is 0 Å². The van der Waals surface area contributed by atoms with E-state index in [1.54, 1.807) is 23.6 Å². The first-order valence-corrected chi connectivity index (χ1v) is 10.2. The van der Waals surface area contributed by atoms with Crippen LogP contribution in [-0.4, -0.2) is 28.9 Å². The smallest absolute Gasteiger partial charge is 0.223 e. The molecule has 2 atom stereocenters. The molecular formula is C20H25F2N3OS. The van der Waals surface area contributed by atoms with Crippen molar-refractivity contribution in [3.05, 3.63) is 52.0 Å². The Morgan fingerprint density at radius 2 is 2.19 bits per heavy atom. The van der Waals surface area contributed by atoms with E-state index in [0.29, 0.717) is 6.54 Å². The van der Waals surface area contributed by atoms with E-state index >= 15 is 0 Å². The van der Waals surface area contributed by atoms with Crippen molar-refractivity contribution in [2.45, 2.75) is 39.3 Å². The SMILES string of the molecule is CC(C)C(=O)N[C@H](c1nccs1)[C@@H]1CCCN(Cc2ccc(F)c(F)c2)C1. The number of thiazole rings is 1. The number of carbonyl (C=O) groups is 1. The van der Waals surface area contributed by atoms with Gasteiger partial charge in [0.2, 0.25) is 5.91 Å². The van der Waals surface area contributed by atoms with Gasteiger partial charge in [0.15, 0.2) is 11.6 Å². The van der Waals surface area contributed by atoms with Crippen LogP contribution in [0.3, 0.4) is 0 Å². The summed E-state index contributed by atoms with van der Waals surface area (Å²) in [4.78, 5) is 19.0. The second-order valence-electron chi connectivity index (χ2n) is 7.40. The van der Waals surface area contributed by atoms with Crippen LogP contribution in [0, 0.1) is 23.5 Å². The summed E-state index contributed by atoms with van der Waals surface area (Å²) in [5.41, 5.74) is 0.756. The lowest BCUT2D eigenvalue weighted by molar-refractivity contribution is -0.125. The molecule has 0 spiro atoms. The Labute approximate surface area is 162 Å². The van der Waals surface area contributed by atoms with E-state index < -0.39 is 11.6 Å². The van der Waals surface area contributed by atoms with Gasteiger partial charge in [-0.25, -0.2) is 13.8 Å². The molecule has 7 heteroatoms. The fourth-order valence-electron chi connectivity index (χ4n) is 3.49. The second-order valence-corrected chi connectivity index (χ2v) is 8.32. The van der Waals surface area contributed by atoms with Crippen LogP contribution in [0.4, 0.5) is 8.78 Å². The Bertz CT molecular complexity index is 767. The first-order valence-electron chi connectivity index (χ1n) is 9.30. The highest BCUT2D eigenvalue weighted by atomic mass is 32.1. The number of rotatable bonds is 6. The molecule has 3 rings (SSSR count). The van der Waals surface area contributed by atoms with Gasteiger partial charge in [0.25, 0.3) is 0 Å². The number of nitrogens with zero attached hydrogens (tertiary/aromatic N) is 2. The molecule has 1 N–H and O–H groups in total. The third-order valence-electron chi connectivity index (χ3n) is 4.94. The summed E-state index contributed by atoms with van der Waals surface area (Å²) in [7, 11) is 0. The summed E-state index contributed by atoms with van der Waals surface area (Å²) in [6, 6.07) is 3.94. The highest BCUT2D eigenvalue weighted by molar-refractivity contribution is 7.09. The van der Waals surface area contributed by atoms with Crippen LogP contribution < -0.4 is 5.32 Å². The number of hydrogen-bond acceptors (Lipinski definition) is 4. The largest absolute Gasteiger partial charge is 0.346 e. The van der Waals surface area contributed by atoms with Crippen LogP contribution in [0.1, 0.15) is 43.3 Å². The fourth-order valence-corrected chi connectivity index (χ4v) is 4.27. The molecule has 4 nitrogen and oxygen atoms in total. The average molecular weight is 394 g/mol. The van der Waals surface area contributed by atoms with Crippen molar-refractivity contribution in [3.8, 4) is 0 Å². The first kappa shape index (κ1) is 19.9. The molecule has 1 amide bonds. The zero-order valence-electron chi connectivity index (χ0n) is 15.6. The lowest BCUT2D eigenvalue weighted by Gasteiger charge is -2.37. The molecular weight excluding hydrogens is 368 g/mol. The molecule has 0 aliphatic carbocycles. The molecule has 1 aromatic heterocycles. The van der Waals surface area contributed by atoms with E-state index in [1.165, 1.54) is 12.1 Å². The monoisotopic (exact) mass is 393 g/mol. The van der Waals surface area contributed by atoms with Crippen LogP contribution in [0.2, 0.25) is 0 Å². The molecule has 1 fully saturated rings. The van der Waals surface area contributed by atoms with E-state index in [2.05, 4.69) is 15.2 Å². The predicted octanol–water partition coefficient (Wildman–Crippen LogP) is 4.15. The molecule has 0 saturated carbocycles. The van der Waals surface area contributed by atoms with Crippen molar-refractivity contribution >= 4 is 17.2 Å². The molecule has 0 bridgehead atoms. The molecule has 1 saturated heterocycles. The van der Waals surface area contributed by atoms with Gasteiger partial charge in [0.05, 0.1) is 6.04 Å². The number of hydrogen-bond donors (Lipinski definition) is 1. The van der Waals surface area contributed by atoms with Gasteiger partial charge >= 0.3 is 0 Å². The normalized spacial score (nSPS) is 19.2. The number of piperidine rings is 1. The maximum absolute atomic E-state index is 13.5. The van der Waals surface area contributed by atoms with Gasteiger partial charge in [-0.1, -0.05) is 19.9 Å². The lowest BCUT2D eigenvalue weighted by atomic mass is 9.90. The Morgan fingerprint density at radius 1 is 1.37 bits per heavy atom. The van der Waals surface area contributed by atoms with Gasteiger partial charge < -0.3 is 5.32 Å².